The van der Waals surface area contributed by atoms with Gasteiger partial charge in [-0.1, -0.05) is 37.0 Å². The van der Waals surface area contributed by atoms with Crippen LogP contribution in [0.2, 0.25) is 10.0 Å². The fourth-order valence-electron chi connectivity index (χ4n) is 2.51. The molecule has 0 radical (unpaired) electrons. The molecule has 31 heavy (non-hydrogen) atoms. The number of benzene rings is 2. The smallest absolute Gasteiger partial charge is 0.329 e. The Hall–Kier alpha value is -2.33. The van der Waals surface area contributed by atoms with Gasteiger partial charge in [-0.25, -0.2) is 18.4 Å². The number of esters is 1. The predicted octanol–water partition coefficient (Wildman–Crippen LogP) is 3.02. The van der Waals surface area contributed by atoms with Crippen molar-refractivity contribution in [3.05, 3.63) is 58.1 Å². The molecule has 168 valence electrons. The third-order valence-corrected chi connectivity index (χ3v) is 5.61. The lowest BCUT2D eigenvalue weighted by molar-refractivity contribution is -0.147. The molecule has 0 aliphatic rings. The second-order valence-corrected chi connectivity index (χ2v) is 9.26. The molecule has 0 aromatic heterocycles. The van der Waals surface area contributed by atoms with E-state index in [2.05, 4.69) is 5.32 Å². The molecular formula is C20H22Cl2N2O6S. The van der Waals surface area contributed by atoms with E-state index in [9.17, 15) is 18.0 Å². The second-order valence-electron chi connectivity index (χ2n) is 6.85. The molecule has 2 aromatic carbocycles. The lowest BCUT2D eigenvalue weighted by atomic mass is 10.0. The second kappa shape index (κ2) is 10.8. The number of nitrogens with one attached hydrogen (secondary N) is 1. The number of halogens is 2. The van der Waals surface area contributed by atoms with Crippen LogP contribution in [0.1, 0.15) is 24.2 Å². The van der Waals surface area contributed by atoms with Crippen LogP contribution in [-0.4, -0.2) is 39.5 Å². The normalized spacial score (nSPS) is 12.3. The first kappa shape index (κ1) is 24.9. The fourth-order valence-corrected chi connectivity index (χ4v) is 3.52. The Balaban J connectivity index is 1.88. The van der Waals surface area contributed by atoms with Gasteiger partial charge < -0.3 is 14.8 Å². The van der Waals surface area contributed by atoms with E-state index in [-0.39, 0.29) is 34.6 Å². The summed E-state index contributed by atoms with van der Waals surface area (Å²) in [6, 6.07) is 9.03. The van der Waals surface area contributed by atoms with Crippen LogP contribution in [-0.2, 0) is 19.6 Å². The highest BCUT2D eigenvalue weighted by Gasteiger charge is 2.27. The molecule has 0 aliphatic carbocycles. The maximum Gasteiger partial charge on any atom is 0.329 e. The number of carbonyl (C=O) groups is 2. The van der Waals surface area contributed by atoms with Gasteiger partial charge in [0.15, 0.2) is 0 Å². The Morgan fingerprint density at radius 2 is 1.71 bits per heavy atom. The lowest BCUT2D eigenvalue weighted by Gasteiger charge is -2.21. The molecule has 0 bridgehead atoms. The van der Waals surface area contributed by atoms with E-state index < -0.39 is 27.9 Å². The molecule has 3 N–H and O–H groups in total. The van der Waals surface area contributed by atoms with Crippen LogP contribution in [0.4, 0.5) is 0 Å². The van der Waals surface area contributed by atoms with Gasteiger partial charge in [0.05, 0.1) is 15.5 Å². The van der Waals surface area contributed by atoms with Crippen LogP contribution in [0.25, 0.3) is 0 Å². The standard InChI is InChI=1S/C20H22Cl2N2O6S/c1-12(2)18(24-19(25)16-8-3-13(21)11-17(16)22)20(26)30-10-9-29-14-4-6-15(7-5-14)31(23,27)28/h3-8,11-12,18H,9-10H2,1-2H3,(H,24,25)(H2,23,27,28)/t18-/m0/s1. The first-order valence-electron chi connectivity index (χ1n) is 9.17. The molecule has 0 aliphatic heterocycles. The summed E-state index contributed by atoms with van der Waals surface area (Å²) in [5.41, 5.74) is 0.191. The van der Waals surface area contributed by atoms with Gasteiger partial charge in [-0.15, -0.1) is 0 Å². The summed E-state index contributed by atoms with van der Waals surface area (Å²) in [5.74, 6) is -1.01. The van der Waals surface area contributed by atoms with Crippen molar-refractivity contribution in [1.82, 2.24) is 5.32 Å². The first-order chi connectivity index (χ1) is 14.5. The molecule has 0 saturated carbocycles. The maximum atomic E-state index is 12.5. The molecule has 0 saturated heterocycles. The number of hydrogen-bond donors (Lipinski definition) is 2. The van der Waals surface area contributed by atoms with Gasteiger partial charge in [0.1, 0.15) is 25.0 Å². The summed E-state index contributed by atoms with van der Waals surface area (Å²) in [6.45, 7) is 3.48. The Labute approximate surface area is 190 Å². The fraction of sp³-hybridized carbons (Fsp3) is 0.300. The van der Waals surface area contributed by atoms with Crippen LogP contribution >= 0.6 is 23.2 Å². The quantitative estimate of drug-likeness (QED) is 0.412. The molecule has 1 amide bonds. The van der Waals surface area contributed by atoms with Crippen LogP contribution in [0.3, 0.4) is 0 Å². The summed E-state index contributed by atoms with van der Waals surface area (Å²) in [5, 5.41) is 8.21. The van der Waals surface area contributed by atoms with Crippen molar-refractivity contribution < 1.29 is 27.5 Å². The summed E-state index contributed by atoms with van der Waals surface area (Å²) < 4.78 is 33.1. The molecule has 11 heteroatoms. The number of sulfonamides is 1. The predicted molar refractivity (Wildman–Crippen MR) is 117 cm³/mol. The Kier molecular flexibility index (Phi) is 8.69. The van der Waals surface area contributed by atoms with Gasteiger partial charge in [-0.05, 0) is 48.4 Å². The number of hydrogen-bond acceptors (Lipinski definition) is 6. The van der Waals surface area contributed by atoms with E-state index in [0.29, 0.717) is 10.8 Å². The number of ether oxygens (including phenoxy) is 2. The minimum Gasteiger partial charge on any atom is -0.490 e. The van der Waals surface area contributed by atoms with Crippen molar-refractivity contribution in [3.63, 3.8) is 0 Å². The summed E-state index contributed by atoms with van der Waals surface area (Å²) >= 11 is 11.9. The summed E-state index contributed by atoms with van der Waals surface area (Å²) in [6.07, 6.45) is 0. The minimum atomic E-state index is -3.78. The van der Waals surface area contributed by atoms with Crippen LogP contribution < -0.4 is 15.2 Å². The molecule has 0 fully saturated rings. The van der Waals surface area contributed by atoms with E-state index in [1.807, 2.05) is 0 Å². The van der Waals surface area contributed by atoms with Crippen molar-refractivity contribution >= 4 is 45.1 Å². The van der Waals surface area contributed by atoms with Gasteiger partial charge in [-0.3, -0.25) is 4.79 Å². The van der Waals surface area contributed by atoms with Crippen molar-refractivity contribution in [1.29, 1.82) is 0 Å². The van der Waals surface area contributed by atoms with Crippen molar-refractivity contribution in [2.75, 3.05) is 13.2 Å². The number of nitrogens with two attached hydrogens (primary N) is 1. The summed E-state index contributed by atoms with van der Waals surface area (Å²) in [4.78, 5) is 24.9. The van der Waals surface area contributed by atoms with E-state index in [4.69, 9.17) is 37.8 Å². The SMILES string of the molecule is CC(C)[C@H](NC(=O)c1ccc(Cl)cc1Cl)C(=O)OCCOc1ccc(S(N)(=O)=O)cc1. The molecule has 2 rings (SSSR count). The molecular weight excluding hydrogens is 467 g/mol. The Morgan fingerprint density at radius 1 is 1.06 bits per heavy atom. The zero-order valence-corrected chi connectivity index (χ0v) is 19.1. The highest BCUT2D eigenvalue weighted by atomic mass is 35.5. The zero-order chi connectivity index (χ0) is 23.2. The van der Waals surface area contributed by atoms with Crippen LogP contribution in [0.5, 0.6) is 5.75 Å². The van der Waals surface area contributed by atoms with Gasteiger partial charge in [0.2, 0.25) is 10.0 Å². The number of amides is 1. The molecule has 1 atom stereocenters. The van der Waals surface area contributed by atoms with Gasteiger partial charge in [-0.2, -0.15) is 0 Å². The summed E-state index contributed by atoms with van der Waals surface area (Å²) in [7, 11) is -3.78. The van der Waals surface area contributed by atoms with Crippen molar-refractivity contribution in [2.45, 2.75) is 24.8 Å². The van der Waals surface area contributed by atoms with E-state index >= 15 is 0 Å². The van der Waals surface area contributed by atoms with Crippen molar-refractivity contribution in [3.8, 4) is 5.75 Å². The Bertz CT molecular complexity index is 1040. The van der Waals surface area contributed by atoms with Gasteiger partial charge >= 0.3 is 5.97 Å². The maximum absolute atomic E-state index is 12.5. The van der Waals surface area contributed by atoms with Crippen molar-refractivity contribution in [2.24, 2.45) is 11.1 Å². The monoisotopic (exact) mass is 488 g/mol. The number of rotatable bonds is 9. The molecule has 0 unspecified atom stereocenters. The Morgan fingerprint density at radius 3 is 2.26 bits per heavy atom. The average molecular weight is 489 g/mol. The van der Waals surface area contributed by atoms with E-state index in [1.165, 1.54) is 42.5 Å². The number of primary sulfonamides is 1. The van der Waals surface area contributed by atoms with E-state index in [0.717, 1.165) is 0 Å². The van der Waals surface area contributed by atoms with Gasteiger partial charge in [0.25, 0.3) is 5.91 Å². The van der Waals surface area contributed by atoms with Crippen LogP contribution in [0, 0.1) is 5.92 Å². The molecule has 2 aromatic rings. The number of carbonyl (C=O) groups excluding carboxylic acids is 2. The van der Waals surface area contributed by atoms with Crippen LogP contribution in [0.15, 0.2) is 47.4 Å². The molecule has 8 nitrogen and oxygen atoms in total. The zero-order valence-electron chi connectivity index (χ0n) is 16.8. The van der Waals surface area contributed by atoms with Gasteiger partial charge in [0, 0.05) is 5.02 Å². The molecule has 0 heterocycles. The third-order valence-electron chi connectivity index (χ3n) is 4.13. The first-order valence-corrected chi connectivity index (χ1v) is 11.5. The minimum absolute atomic E-state index is 0.0300. The highest BCUT2D eigenvalue weighted by molar-refractivity contribution is 7.89. The molecule has 0 spiro atoms. The third kappa shape index (κ3) is 7.39. The topological polar surface area (TPSA) is 125 Å². The lowest BCUT2D eigenvalue weighted by Crippen LogP contribution is -2.45. The largest absolute Gasteiger partial charge is 0.490 e. The average Bonchev–Trinajstić information content (AvgIpc) is 2.68. The van der Waals surface area contributed by atoms with E-state index in [1.54, 1.807) is 13.8 Å². The highest BCUT2D eigenvalue weighted by Crippen LogP contribution is 2.21.